The minimum absolute atomic E-state index is 0.0240. The summed E-state index contributed by atoms with van der Waals surface area (Å²) in [5.74, 6) is -0.482. The summed E-state index contributed by atoms with van der Waals surface area (Å²) in [4.78, 5) is 26.4. The van der Waals surface area contributed by atoms with E-state index >= 15 is 0 Å². The van der Waals surface area contributed by atoms with E-state index in [2.05, 4.69) is 0 Å². The predicted molar refractivity (Wildman–Crippen MR) is 90.7 cm³/mol. The van der Waals surface area contributed by atoms with E-state index in [1.165, 1.54) is 30.9 Å². The highest BCUT2D eigenvalue weighted by Gasteiger charge is 2.18. The largest absolute Gasteiger partial charge is 0.619 e. The van der Waals surface area contributed by atoms with Gasteiger partial charge in [0.2, 0.25) is 0 Å². The average molecular weight is 340 g/mol. The molecule has 0 radical (unpaired) electrons. The van der Waals surface area contributed by atoms with Crippen molar-refractivity contribution in [2.24, 2.45) is 0 Å². The lowest BCUT2D eigenvalue weighted by atomic mass is 10.1. The van der Waals surface area contributed by atoms with Gasteiger partial charge in [-0.25, -0.2) is 4.79 Å². The molecule has 1 amide bonds. The van der Waals surface area contributed by atoms with E-state index in [1.54, 1.807) is 18.2 Å². The zero-order valence-electron chi connectivity index (χ0n) is 13.9. The summed E-state index contributed by atoms with van der Waals surface area (Å²) in [5, 5.41) is 11.0. The van der Waals surface area contributed by atoms with Gasteiger partial charge in [-0.2, -0.15) is 4.73 Å². The second-order valence-corrected chi connectivity index (χ2v) is 6.08. The molecule has 0 atom stereocenters. The van der Waals surface area contributed by atoms with Crippen LogP contribution < -0.4 is 4.73 Å². The monoisotopic (exact) mass is 340 g/mol. The number of pyridine rings is 1. The third kappa shape index (κ3) is 4.35. The Kier molecular flexibility index (Phi) is 5.28. The summed E-state index contributed by atoms with van der Waals surface area (Å²) in [7, 11) is 0. The number of carbonyl (C=O) groups is 2. The van der Waals surface area contributed by atoms with Crippen LogP contribution in [0, 0.1) is 5.21 Å². The quantitative estimate of drug-likeness (QED) is 0.486. The van der Waals surface area contributed by atoms with Gasteiger partial charge in [0.1, 0.15) is 6.61 Å². The zero-order valence-corrected chi connectivity index (χ0v) is 13.9. The van der Waals surface area contributed by atoms with E-state index in [4.69, 9.17) is 4.74 Å². The Morgan fingerprint density at radius 3 is 2.48 bits per heavy atom. The van der Waals surface area contributed by atoms with Gasteiger partial charge in [0.15, 0.2) is 12.4 Å². The molecular weight excluding hydrogens is 320 g/mol. The molecule has 0 spiro atoms. The fourth-order valence-corrected chi connectivity index (χ4v) is 2.85. The van der Waals surface area contributed by atoms with Gasteiger partial charge >= 0.3 is 5.97 Å². The van der Waals surface area contributed by atoms with Crippen LogP contribution >= 0.6 is 0 Å². The molecule has 25 heavy (non-hydrogen) atoms. The van der Waals surface area contributed by atoms with Gasteiger partial charge in [0, 0.05) is 30.8 Å². The third-order valence-electron chi connectivity index (χ3n) is 4.22. The van der Waals surface area contributed by atoms with E-state index in [-0.39, 0.29) is 12.5 Å². The Morgan fingerprint density at radius 2 is 1.76 bits per heavy atom. The highest BCUT2D eigenvalue weighted by molar-refractivity contribution is 5.94. The number of benzene rings is 1. The van der Waals surface area contributed by atoms with E-state index < -0.39 is 5.97 Å². The van der Waals surface area contributed by atoms with Crippen molar-refractivity contribution in [1.82, 2.24) is 4.90 Å². The van der Waals surface area contributed by atoms with Crippen LogP contribution in [0.1, 0.15) is 45.5 Å². The maximum Gasteiger partial charge on any atom is 0.338 e. The van der Waals surface area contributed by atoms with Gasteiger partial charge in [-0.3, -0.25) is 4.79 Å². The Balaban J connectivity index is 1.62. The summed E-state index contributed by atoms with van der Waals surface area (Å²) < 4.78 is 5.86. The van der Waals surface area contributed by atoms with Crippen molar-refractivity contribution in [3.8, 4) is 0 Å². The van der Waals surface area contributed by atoms with Gasteiger partial charge in [0.05, 0.1) is 5.56 Å². The molecule has 1 fully saturated rings. The topological polar surface area (TPSA) is 73.6 Å². The fourth-order valence-electron chi connectivity index (χ4n) is 2.85. The van der Waals surface area contributed by atoms with Gasteiger partial charge < -0.3 is 14.8 Å². The minimum Gasteiger partial charge on any atom is -0.619 e. The minimum atomic E-state index is -0.506. The number of hydrogen-bond donors (Lipinski definition) is 0. The van der Waals surface area contributed by atoms with Crippen LogP contribution in [0.25, 0.3) is 0 Å². The Bertz CT molecular complexity index is 752. The number of likely N-dealkylation sites (tertiary alicyclic amines) is 1. The predicted octanol–water partition coefficient (Wildman–Crippen LogP) is 2.30. The van der Waals surface area contributed by atoms with Crippen molar-refractivity contribution in [3.05, 3.63) is 70.7 Å². The molecule has 0 saturated carbocycles. The molecular formula is C19H20N2O4. The highest BCUT2D eigenvalue weighted by atomic mass is 16.5. The van der Waals surface area contributed by atoms with E-state index in [9.17, 15) is 14.8 Å². The molecule has 1 aromatic heterocycles. The molecule has 1 saturated heterocycles. The van der Waals surface area contributed by atoms with Crippen molar-refractivity contribution in [2.45, 2.75) is 25.9 Å². The number of piperidine rings is 1. The lowest BCUT2D eigenvalue weighted by molar-refractivity contribution is -0.605. The summed E-state index contributed by atoms with van der Waals surface area (Å²) >= 11 is 0. The molecule has 1 aliphatic rings. The Morgan fingerprint density at radius 1 is 1.04 bits per heavy atom. The first kappa shape index (κ1) is 17.0. The summed E-state index contributed by atoms with van der Waals surface area (Å²) in [5.41, 5.74) is 1.68. The number of rotatable bonds is 4. The lowest BCUT2D eigenvalue weighted by Crippen LogP contribution is -2.35. The second kappa shape index (κ2) is 7.79. The first-order valence-corrected chi connectivity index (χ1v) is 8.38. The van der Waals surface area contributed by atoms with Crippen LogP contribution in [0.15, 0.2) is 48.8 Å². The zero-order chi connectivity index (χ0) is 17.6. The first-order valence-electron chi connectivity index (χ1n) is 8.38. The number of esters is 1. The molecule has 2 aromatic rings. The lowest BCUT2D eigenvalue weighted by Gasteiger charge is -2.26. The van der Waals surface area contributed by atoms with Gasteiger partial charge in [-0.05, 0) is 37.0 Å². The van der Waals surface area contributed by atoms with E-state index in [0.29, 0.717) is 15.9 Å². The molecule has 0 N–H and O–H groups in total. The standard InChI is InChI=1S/C19H20N2O4/c22-18(20-9-2-1-3-10-20)17-6-4-5-15(13-17)14-25-19(23)16-7-11-21(24)12-8-16/h4-8,11-13H,1-3,9-10,14H2. The summed E-state index contributed by atoms with van der Waals surface area (Å²) in [6.07, 6.45) is 5.75. The molecule has 6 nitrogen and oxygen atoms in total. The molecule has 2 heterocycles. The number of hydrogen-bond acceptors (Lipinski definition) is 4. The third-order valence-corrected chi connectivity index (χ3v) is 4.22. The molecule has 130 valence electrons. The Hall–Kier alpha value is -2.89. The smallest absolute Gasteiger partial charge is 0.338 e. The number of amides is 1. The molecule has 1 aromatic carbocycles. The number of ether oxygens (including phenoxy) is 1. The number of aromatic nitrogens is 1. The van der Waals surface area contributed by atoms with Gasteiger partial charge in [-0.1, -0.05) is 12.1 Å². The molecule has 1 aliphatic heterocycles. The van der Waals surface area contributed by atoms with Crippen molar-refractivity contribution in [1.29, 1.82) is 0 Å². The van der Waals surface area contributed by atoms with Crippen molar-refractivity contribution >= 4 is 11.9 Å². The van der Waals surface area contributed by atoms with Crippen LogP contribution in [0.5, 0.6) is 0 Å². The van der Waals surface area contributed by atoms with Crippen LogP contribution in [0.4, 0.5) is 0 Å². The molecule has 0 unspecified atom stereocenters. The van der Waals surface area contributed by atoms with Crippen LogP contribution in [0.2, 0.25) is 0 Å². The molecule has 0 aliphatic carbocycles. The molecule has 3 rings (SSSR count). The normalized spacial score (nSPS) is 14.2. The summed E-state index contributed by atoms with van der Waals surface area (Å²) in [6.45, 7) is 1.67. The van der Waals surface area contributed by atoms with Crippen molar-refractivity contribution < 1.29 is 19.1 Å². The maximum atomic E-state index is 12.5. The van der Waals surface area contributed by atoms with Crippen molar-refractivity contribution in [2.75, 3.05) is 13.1 Å². The Labute approximate surface area is 146 Å². The van der Waals surface area contributed by atoms with Crippen LogP contribution in [-0.4, -0.2) is 29.9 Å². The van der Waals surface area contributed by atoms with Crippen LogP contribution in [0.3, 0.4) is 0 Å². The maximum absolute atomic E-state index is 12.5. The number of carbonyl (C=O) groups excluding carboxylic acids is 2. The first-order chi connectivity index (χ1) is 12.1. The van der Waals surface area contributed by atoms with Gasteiger partial charge in [0.25, 0.3) is 5.91 Å². The highest BCUT2D eigenvalue weighted by Crippen LogP contribution is 2.15. The second-order valence-electron chi connectivity index (χ2n) is 6.08. The average Bonchev–Trinajstić information content (AvgIpc) is 2.67. The van der Waals surface area contributed by atoms with E-state index in [1.807, 2.05) is 11.0 Å². The van der Waals surface area contributed by atoms with Crippen LogP contribution in [-0.2, 0) is 11.3 Å². The van der Waals surface area contributed by atoms with Gasteiger partial charge in [-0.15, -0.1) is 0 Å². The SMILES string of the molecule is O=C(OCc1cccc(C(=O)N2CCCCC2)c1)c1cc[n+]([O-])cc1. The summed E-state index contributed by atoms with van der Waals surface area (Å²) in [6, 6.07) is 9.98. The fraction of sp³-hybridized carbons (Fsp3) is 0.316. The van der Waals surface area contributed by atoms with E-state index in [0.717, 1.165) is 31.5 Å². The number of nitrogens with zero attached hydrogens (tertiary/aromatic N) is 2. The molecule has 6 heteroatoms. The molecule has 0 bridgehead atoms. The van der Waals surface area contributed by atoms with Crippen molar-refractivity contribution in [3.63, 3.8) is 0 Å².